The van der Waals surface area contributed by atoms with E-state index in [4.69, 9.17) is 0 Å². The molecular formula is C8H14O. The summed E-state index contributed by atoms with van der Waals surface area (Å²) in [7, 11) is 0. The summed E-state index contributed by atoms with van der Waals surface area (Å²) in [6, 6.07) is 0. The van der Waals surface area contributed by atoms with Crippen LogP contribution >= 0.6 is 0 Å². The molecule has 0 aliphatic heterocycles. The maximum atomic E-state index is 9.59. The number of aliphatic hydroxyl groups is 1. The highest BCUT2D eigenvalue weighted by molar-refractivity contribution is 4.99. The molecule has 1 N–H and O–H groups in total. The average Bonchev–Trinajstić information content (AvgIpc) is 1.77. The highest BCUT2D eigenvalue weighted by Gasteiger charge is 2.27. The van der Waals surface area contributed by atoms with E-state index in [1.165, 1.54) is 0 Å². The molecule has 0 saturated heterocycles. The van der Waals surface area contributed by atoms with E-state index in [1.54, 1.807) is 0 Å². The Morgan fingerprint density at radius 2 is 2.22 bits per heavy atom. The zero-order chi connectivity index (χ0) is 6.91. The fraction of sp³-hybridized carbons (Fsp3) is 0.750. The van der Waals surface area contributed by atoms with Gasteiger partial charge in [-0.25, -0.2) is 0 Å². The summed E-state index contributed by atoms with van der Waals surface area (Å²) in [5.41, 5.74) is -0.450. The van der Waals surface area contributed by atoms with Gasteiger partial charge >= 0.3 is 0 Å². The molecule has 0 aromatic carbocycles. The van der Waals surface area contributed by atoms with E-state index < -0.39 is 5.60 Å². The lowest BCUT2D eigenvalue weighted by Crippen LogP contribution is -2.33. The molecule has 1 rings (SSSR count). The van der Waals surface area contributed by atoms with Gasteiger partial charge in [0.1, 0.15) is 0 Å². The van der Waals surface area contributed by atoms with Gasteiger partial charge in [0.25, 0.3) is 0 Å². The Kier molecular flexibility index (Phi) is 1.62. The van der Waals surface area contributed by atoms with Crippen molar-refractivity contribution >= 4 is 0 Å². The Morgan fingerprint density at radius 3 is 2.56 bits per heavy atom. The molecule has 0 heterocycles. The van der Waals surface area contributed by atoms with Crippen LogP contribution in [0.15, 0.2) is 12.2 Å². The van der Waals surface area contributed by atoms with E-state index in [0.717, 1.165) is 12.8 Å². The summed E-state index contributed by atoms with van der Waals surface area (Å²) in [5.74, 6) is 0.419. The van der Waals surface area contributed by atoms with Gasteiger partial charge in [-0.05, 0) is 25.7 Å². The van der Waals surface area contributed by atoms with Gasteiger partial charge in [-0.1, -0.05) is 19.1 Å². The minimum Gasteiger partial charge on any atom is -0.390 e. The highest BCUT2D eigenvalue weighted by Crippen LogP contribution is 2.28. The van der Waals surface area contributed by atoms with Gasteiger partial charge < -0.3 is 5.11 Å². The maximum Gasteiger partial charge on any atom is 0.0682 e. The molecule has 0 fully saturated rings. The number of hydrogen-bond donors (Lipinski definition) is 1. The molecule has 0 radical (unpaired) electrons. The standard InChI is InChI=1S/C8H14O/c1-7-5-3-4-6-8(7,2)9/h3-4,7,9H,5-6H2,1-2H3. The highest BCUT2D eigenvalue weighted by atomic mass is 16.3. The molecule has 1 heteroatoms. The summed E-state index contributed by atoms with van der Waals surface area (Å²) in [6.45, 7) is 3.99. The zero-order valence-corrected chi connectivity index (χ0v) is 6.09. The van der Waals surface area contributed by atoms with Gasteiger partial charge in [-0.15, -0.1) is 0 Å². The van der Waals surface area contributed by atoms with Crippen LogP contribution in [0.5, 0.6) is 0 Å². The quantitative estimate of drug-likeness (QED) is 0.490. The smallest absolute Gasteiger partial charge is 0.0682 e. The molecular weight excluding hydrogens is 112 g/mol. The van der Waals surface area contributed by atoms with E-state index in [0.29, 0.717) is 5.92 Å². The Hall–Kier alpha value is -0.300. The second kappa shape index (κ2) is 2.14. The predicted octanol–water partition coefficient (Wildman–Crippen LogP) is 1.72. The van der Waals surface area contributed by atoms with Crippen LogP contribution < -0.4 is 0 Å². The summed E-state index contributed by atoms with van der Waals surface area (Å²) in [6.07, 6.45) is 6.03. The van der Waals surface area contributed by atoms with Gasteiger partial charge in [-0.2, -0.15) is 0 Å². The summed E-state index contributed by atoms with van der Waals surface area (Å²) >= 11 is 0. The second-order valence-electron chi connectivity index (χ2n) is 3.17. The molecule has 9 heavy (non-hydrogen) atoms. The third kappa shape index (κ3) is 1.33. The first-order chi connectivity index (χ1) is 4.13. The van der Waals surface area contributed by atoms with Gasteiger partial charge in [0.2, 0.25) is 0 Å². The largest absolute Gasteiger partial charge is 0.390 e. The molecule has 0 aromatic heterocycles. The Balaban J connectivity index is 2.64. The van der Waals surface area contributed by atoms with Crippen molar-refractivity contribution in [1.82, 2.24) is 0 Å². The second-order valence-corrected chi connectivity index (χ2v) is 3.17. The van der Waals surface area contributed by atoms with Crippen molar-refractivity contribution in [2.24, 2.45) is 5.92 Å². The third-order valence-electron chi connectivity index (χ3n) is 2.25. The van der Waals surface area contributed by atoms with Crippen molar-refractivity contribution in [3.8, 4) is 0 Å². The van der Waals surface area contributed by atoms with Crippen LogP contribution in [0, 0.1) is 5.92 Å². The Labute approximate surface area is 56.4 Å². The molecule has 0 spiro atoms. The van der Waals surface area contributed by atoms with E-state index in [2.05, 4.69) is 19.1 Å². The minimum absolute atomic E-state index is 0.419. The van der Waals surface area contributed by atoms with Crippen LogP contribution in [0.1, 0.15) is 26.7 Å². The van der Waals surface area contributed by atoms with E-state index in [1.807, 2.05) is 6.92 Å². The number of hydrogen-bond acceptors (Lipinski definition) is 1. The van der Waals surface area contributed by atoms with E-state index in [9.17, 15) is 5.11 Å². The first-order valence-electron chi connectivity index (χ1n) is 3.50. The zero-order valence-electron chi connectivity index (χ0n) is 6.09. The molecule has 1 aliphatic rings. The van der Waals surface area contributed by atoms with Crippen LogP contribution in [-0.4, -0.2) is 10.7 Å². The van der Waals surface area contributed by atoms with Crippen molar-refractivity contribution in [2.75, 3.05) is 0 Å². The molecule has 2 unspecified atom stereocenters. The molecule has 52 valence electrons. The lowest BCUT2D eigenvalue weighted by Gasteiger charge is -2.31. The van der Waals surface area contributed by atoms with Crippen molar-refractivity contribution in [3.05, 3.63) is 12.2 Å². The monoisotopic (exact) mass is 126 g/mol. The van der Waals surface area contributed by atoms with E-state index >= 15 is 0 Å². The molecule has 2 atom stereocenters. The lowest BCUT2D eigenvalue weighted by molar-refractivity contribution is 0.00567. The normalized spacial score (nSPS) is 43.2. The van der Waals surface area contributed by atoms with Crippen LogP contribution in [0.25, 0.3) is 0 Å². The summed E-state index contributed by atoms with van der Waals surface area (Å²) in [4.78, 5) is 0. The Morgan fingerprint density at radius 1 is 1.56 bits per heavy atom. The van der Waals surface area contributed by atoms with Crippen LogP contribution in [-0.2, 0) is 0 Å². The first-order valence-corrected chi connectivity index (χ1v) is 3.50. The molecule has 0 amide bonds. The van der Waals surface area contributed by atoms with Crippen LogP contribution in [0.2, 0.25) is 0 Å². The minimum atomic E-state index is -0.450. The molecule has 1 aliphatic carbocycles. The van der Waals surface area contributed by atoms with Gasteiger partial charge in [0, 0.05) is 0 Å². The third-order valence-corrected chi connectivity index (χ3v) is 2.25. The van der Waals surface area contributed by atoms with Gasteiger partial charge in [0.05, 0.1) is 5.60 Å². The number of allylic oxidation sites excluding steroid dienone is 1. The van der Waals surface area contributed by atoms with E-state index in [-0.39, 0.29) is 0 Å². The Bertz CT molecular complexity index is 125. The van der Waals surface area contributed by atoms with Gasteiger partial charge in [0.15, 0.2) is 0 Å². The van der Waals surface area contributed by atoms with Crippen LogP contribution in [0.4, 0.5) is 0 Å². The topological polar surface area (TPSA) is 20.2 Å². The molecule has 0 saturated carbocycles. The van der Waals surface area contributed by atoms with Crippen molar-refractivity contribution in [2.45, 2.75) is 32.3 Å². The van der Waals surface area contributed by atoms with Crippen LogP contribution in [0.3, 0.4) is 0 Å². The number of rotatable bonds is 0. The lowest BCUT2D eigenvalue weighted by atomic mass is 9.82. The van der Waals surface area contributed by atoms with Crippen molar-refractivity contribution < 1.29 is 5.11 Å². The maximum absolute atomic E-state index is 9.59. The average molecular weight is 126 g/mol. The summed E-state index contributed by atoms with van der Waals surface area (Å²) in [5, 5.41) is 9.59. The molecule has 0 bridgehead atoms. The molecule has 0 aromatic rings. The fourth-order valence-electron chi connectivity index (χ4n) is 1.08. The predicted molar refractivity (Wildman–Crippen MR) is 38.2 cm³/mol. The van der Waals surface area contributed by atoms with Crippen molar-refractivity contribution in [3.63, 3.8) is 0 Å². The molecule has 1 nitrogen and oxygen atoms in total. The van der Waals surface area contributed by atoms with Crippen molar-refractivity contribution in [1.29, 1.82) is 0 Å². The summed E-state index contributed by atoms with van der Waals surface area (Å²) < 4.78 is 0. The van der Waals surface area contributed by atoms with Gasteiger partial charge in [-0.3, -0.25) is 0 Å². The fourth-order valence-corrected chi connectivity index (χ4v) is 1.08. The first kappa shape index (κ1) is 6.81. The SMILES string of the molecule is CC1CC=CCC1(C)O.